The third-order valence-corrected chi connectivity index (χ3v) is 2.71. The second-order valence-corrected chi connectivity index (χ2v) is 3.88. The lowest BCUT2D eigenvalue weighted by atomic mass is 10.2. The lowest BCUT2D eigenvalue weighted by molar-refractivity contribution is -0.129. The van der Waals surface area contributed by atoms with Crippen LogP contribution in [-0.2, 0) is 16.1 Å². The highest BCUT2D eigenvalue weighted by molar-refractivity contribution is 7.09. The van der Waals surface area contributed by atoms with Gasteiger partial charge >= 0.3 is 0 Å². The average Bonchev–Trinajstić information content (AvgIpc) is 2.65. The van der Waals surface area contributed by atoms with Crippen molar-refractivity contribution >= 4 is 17.1 Å². The van der Waals surface area contributed by atoms with E-state index in [1.54, 1.807) is 18.3 Å². The number of carbonyl (C=O) groups is 1. The van der Waals surface area contributed by atoms with Gasteiger partial charge in [-0.1, -0.05) is 13.0 Å². The van der Waals surface area contributed by atoms with Gasteiger partial charge in [-0.2, -0.15) is 0 Å². The minimum absolute atomic E-state index is 0.163. The monoisotopic (exact) mass is 198 g/mol. The molecule has 1 aromatic rings. The Morgan fingerprint density at radius 1 is 1.69 bits per heavy atom. The van der Waals surface area contributed by atoms with E-state index in [9.17, 15) is 4.79 Å². The summed E-state index contributed by atoms with van der Waals surface area (Å²) < 4.78 is 5.40. The van der Waals surface area contributed by atoms with Crippen LogP contribution in [0.2, 0.25) is 0 Å². The second-order valence-electron chi connectivity index (χ2n) is 2.85. The van der Waals surface area contributed by atoms with E-state index >= 15 is 0 Å². The summed E-state index contributed by atoms with van der Waals surface area (Å²) in [5, 5.41) is 2.00. The fourth-order valence-corrected chi connectivity index (χ4v) is 1.61. The zero-order valence-corrected chi connectivity index (χ0v) is 8.76. The number of thiophene rings is 1. The van der Waals surface area contributed by atoms with Crippen LogP contribution in [0.25, 0.3) is 0 Å². The Kier molecular flexibility index (Phi) is 4.12. The van der Waals surface area contributed by atoms with Gasteiger partial charge in [0, 0.05) is 11.3 Å². The van der Waals surface area contributed by atoms with E-state index in [0.29, 0.717) is 13.0 Å². The molecule has 0 saturated heterocycles. The first kappa shape index (κ1) is 10.4. The highest BCUT2D eigenvalue weighted by Crippen LogP contribution is 2.11. The lowest BCUT2D eigenvalue weighted by Gasteiger charge is -2.09. The van der Waals surface area contributed by atoms with Gasteiger partial charge < -0.3 is 4.74 Å². The topological polar surface area (TPSA) is 26.3 Å². The van der Waals surface area contributed by atoms with Crippen LogP contribution in [0.4, 0.5) is 0 Å². The lowest BCUT2D eigenvalue weighted by Crippen LogP contribution is -2.19. The van der Waals surface area contributed by atoms with Gasteiger partial charge in [0.05, 0.1) is 6.61 Å². The standard InChI is InChI=1S/C10H14O2S/c1-3-10(11)8(2)12-7-9-5-4-6-13-9/h4-6,8H,3,7H2,1-2H3. The van der Waals surface area contributed by atoms with Crippen molar-refractivity contribution in [1.82, 2.24) is 0 Å². The summed E-state index contributed by atoms with van der Waals surface area (Å²) in [6.45, 7) is 4.21. The average molecular weight is 198 g/mol. The predicted molar refractivity (Wildman–Crippen MR) is 53.9 cm³/mol. The quantitative estimate of drug-likeness (QED) is 0.727. The Labute approximate surface area is 82.5 Å². The summed E-state index contributed by atoms with van der Waals surface area (Å²) in [6.07, 6.45) is 0.276. The molecule has 3 heteroatoms. The molecular weight excluding hydrogens is 184 g/mol. The molecule has 13 heavy (non-hydrogen) atoms. The number of ether oxygens (including phenoxy) is 1. The first-order valence-electron chi connectivity index (χ1n) is 4.40. The molecule has 72 valence electrons. The molecule has 0 radical (unpaired) electrons. The highest BCUT2D eigenvalue weighted by Gasteiger charge is 2.10. The molecule has 1 heterocycles. The highest BCUT2D eigenvalue weighted by atomic mass is 32.1. The fourth-order valence-electron chi connectivity index (χ4n) is 0.982. The van der Waals surface area contributed by atoms with Crippen molar-refractivity contribution in [3.8, 4) is 0 Å². The first-order chi connectivity index (χ1) is 6.24. The maximum Gasteiger partial charge on any atom is 0.161 e. The van der Waals surface area contributed by atoms with Gasteiger partial charge in [-0.15, -0.1) is 11.3 Å². The second kappa shape index (κ2) is 5.14. The molecule has 0 N–H and O–H groups in total. The van der Waals surface area contributed by atoms with E-state index < -0.39 is 0 Å². The fraction of sp³-hybridized carbons (Fsp3) is 0.500. The minimum Gasteiger partial charge on any atom is -0.365 e. The number of hydrogen-bond donors (Lipinski definition) is 0. The van der Waals surface area contributed by atoms with Crippen molar-refractivity contribution in [3.05, 3.63) is 22.4 Å². The molecule has 0 amide bonds. The van der Waals surface area contributed by atoms with Crippen molar-refractivity contribution in [2.24, 2.45) is 0 Å². The number of Topliss-reactive ketones (excluding diaryl/α,β-unsaturated/α-hetero) is 1. The summed E-state index contributed by atoms with van der Waals surface area (Å²) >= 11 is 1.65. The summed E-state index contributed by atoms with van der Waals surface area (Å²) in [4.78, 5) is 12.3. The minimum atomic E-state index is -0.271. The maximum absolute atomic E-state index is 11.1. The first-order valence-corrected chi connectivity index (χ1v) is 5.28. The van der Waals surface area contributed by atoms with Crippen LogP contribution < -0.4 is 0 Å². The van der Waals surface area contributed by atoms with Gasteiger partial charge in [0.15, 0.2) is 5.78 Å². The molecule has 0 bridgehead atoms. The molecule has 0 saturated carbocycles. The van der Waals surface area contributed by atoms with Crippen molar-refractivity contribution in [2.75, 3.05) is 0 Å². The van der Waals surface area contributed by atoms with E-state index in [0.717, 1.165) is 4.88 Å². The maximum atomic E-state index is 11.1. The molecule has 1 rings (SSSR count). The van der Waals surface area contributed by atoms with E-state index in [1.165, 1.54) is 0 Å². The van der Waals surface area contributed by atoms with Crippen LogP contribution in [0, 0.1) is 0 Å². The van der Waals surface area contributed by atoms with Crippen LogP contribution >= 0.6 is 11.3 Å². The Hall–Kier alpha value is -0.670. The van der Waals surface area contributed by atoms with Gasteiger partial charge in [-0.05, 0) is 18.4 Å². The molecule has 2 nitrogen and oxygen atoms in total. The van der Waals surface area contributed by atoms with E-state index in [-0.39, 0.29) is 11.9 Å². The SMILES string of the molecule is CCC(=O)C(C)OCc1cccs1. The Balaban J connectivity index is 2.30. The molecular formula is C10H14O2S. The molecule has 0 aliphatic rings. The Morgan fingerprint density at radius 2 is 2.46 bits per heavy atom. The number of rotatable bonds is 5. The van der Waals surface area contributed by atoms with E-state index in [2.05, 4.69) is 0 Å². The van der Waals surface area contributed by atoms with Gasteiger partial charge in [-0.25, -0.2) is 0 Å². The van der Waals surface area contributed by atoms with Gasteiger partial charge in [0.2, 0.25) is 0 Å². The van der Waals surface area contributed by atoms with Gasteiger partial charge in [0.1, 0.15) is 6.10 Å². The number of hydrogen-bond acceptors (Lipinski definition) is 3. The van der Waals surface area contributed by atoms with Crippen molar-refractivity contribution < 1.29 is 9.53 Å². The number of ketones is 1. The summed E-state index contributed by atoms with van der Waals surface area (Å²) in [5.74, 6) is 0.163. The van der Waals surface area contributed by atoms with Crippen LogP contribution in [0.5, 0.6) is 0 Å². The Morgan fingerprint density at radius 3 is 3.00 bits per heavy atom. The van der Waals surface area contributed by atoms with Crippen molar-refractivity contribution in [2.45, 2.75) is 33.0 Å². The van der Waals surface area contributed by atoms with Gasteiger partial charge in [0.25, 0.3) is 0 Å². The largest absolute Gasteiger partial charge is 0.365 e. The van der Waals surface area contributed by atoms with Crippen molar-refractivity contribution in [1.29, 1.82) is 0 Å². The summed E-state index contributed by atoms with van der Waals surface area (Å²) in [7, 11) is 0. The molecule has 1 unspecified atom stereocenters. The van der Waals surface area contributed by atoms with Crippen molar-refractivity contribution in [3.63, 3.8) is 0 Å². The third-order valence-electron chi connectivity index (χ3n) is 1.86. The summed E-state index contributed by atoms with van der Waals surface area (Å²) in [6, 6.07) is 3.99. The molecule has 0 aromatic carbocycles. The molecule has 1 atom stereocenters. The van der Waals surface area contributed by atoms with E-state index in [4.69, 9.17) is 4.74 Å². The zero-order chi connectivity index (χ0) is 9.68. The smallest absolute Gasteiger partial charge is 0.161 e. The zero-order valence-electron chi connectivity index (χ0n) is 7.95. The molecule has 0 aliphatic heterocycles. The van der Waals surface area contributed by atoms with Crippen LogP contribution in [0.3, 0.4) is 0 Å². The molecule has 0 spiro atoms. The third kappa shape index (κ3) is 3.28. The van der Waals surface area contributed by atoms with Crippen LogP contribution in [0.1, 0.15) is 25.1 Å². The van der Waals surface area contributed by atoms with Gasteiger partial charge in [-0.3, -0.25) is 4.79 Å². The van der Waals surface area contributed by atoms with E-state index in [1.807, 2.05) is 24.4 Å². The predicted octanol–water partition coefficient (Wildman–Crippen LogP) is 2.63. The van der Waals surface area contributed by atoms with Crippen LogP contribution in [0.15, 0.2) is 17.5 Å². The Bertz CT molecular complexity index is 254. The van der Waals surface area contributed by atoms with Crippen LogP contribution in [-0.4, -0.2) is 11.9 Å². The normalized spacial score (nSPS) is 12.8. The summed E-state index contributed by atoms with van der Waals surface area (Å²) in [5.41, 5.74) is 0. The molecule has 0 aliphatic carbocycles. The molecule has 0 fully saturated rings. The number of carbonyl (C=O) groups excluding carboxylic acids is 1. The molecule has 1 aromatic heterocycles.